The molecule has 0 aliphatic rings. The molecule has 0 aliphatic carbocycles. The van der Waals surface area contributed by atoms with Crippen molar-refractivity contribution in [3.8, 4) is 0 Å². The molecular weight excluding hydrogens is 339 g/mol. The first-order valence-electron chi connectivity index (χ1n) is 8.00. The quantitative estimate of drug-likeness (QED) is 0.761. The summed E-state index contributed by atoms with van der Waals surface area (Å²) < 4.78 is 12.9. The second-order valence-electron chi connectivity index (χ2n) is 5.52. The van der Waals surface area contributed by atoms with Gasteiger partial charge in [0.1, 0.15) is 5.82 Å². The number of carbonyl (C=O) groups is 2. The molecule has 2 amide bonds. The van der Waals surface area contributed by atoms with E-state index < -0.39 is 0 Å². The van der Waals surface area contributed by atoms with Gasteiger partial charge in [-0.1, -0.05) is 12.1 Å². The molecule has 0 aliphatic heterocycles. The zero-order valence-electron chi connectivity index (χ0n) is 14.3. The van der Waals surface area contributed by atoms with Crippen LogP contribution in [0.25, 0.3) is 0 Å². The number of hydrogen-bond donors (Lipinski definition) is 1. The standard InChI is InChI=1S/C19H21FN2O2S/c1-3-22(14(2)23)12-15-5-4-6-17(11-15)21-19(24)13-25-18-9-7-16(20)8-10-18/h4-11H,3,12-13H2,1-2H3,(H,21,24). The minimum Gasteiger partial charge on any atom is -0.339 e. The second-order valence-corrected chi connectivity index (χ2v) is 6.57. The van der Waals surface area contributed by atoms with Gasteiger partial charge in [0.25, 0.3) is 0 Å². The number of anilines is 1. The molecule has 4 nitrogen and oxygen atoms in total. The molecule has 6 heteroatoms. The van der Waals surface area contributed by atoms with Crippen LogP contribution < -0.4 is 5.32 Å². The summed E-state index contributed by atoms with van der Waals surface area (Å²) in [5.74, 6) is -0.167. The Labute approximate surface area is 151 Å². The van der Waals surface area contributed by atoms with E-state index in [0.29, 0.717) is 18.8 Å². The van der Waals surface area contributed by atoms with E-state index >= 15 is 0 Å². The fraction of sp³-hybridized carbons (Fsp3) is 0.263. The van der Waals surface area contributed by atoms with Crippen LogP contribution in [0, 0.1) is 5.82 Å². The minimum absolute atomic E-state index is 0.0210. The van der Waals surface area contributed by atoms with Gasteiger partial charge in [0, 0.05) is 30.6 Å². The average Bonchev–Trinajstić information content (AvgIpc) is 2.59. The van der Waals surface area contributed by atoms with E-state index in [2.05, 4.69) is 5.32 Å². The van der Waals surface area contributed by atoms with E-state index in [1.807, 2.05) is 31.2 Å². The Morgan fingerprint density at radius 1 is 1.16 bits per heavy atom. The molecule has 0 bridgehead atoms. The number of rotatable bonds is 7. The SMILES string of the molecule is CCN(Cc1cccc(NC(=O)CSc2ccc(F)cc2)c1)C(C)=O. The average molecular weight is 360 g/mol. The van der Waals surface area contributed by atoms with Crippen molar-refractivity contribution in [1.29, 1.82) is 0 Å². The van der Waals surface area contributed by atoms with Gasteiger partial charge in [0.05, 0.1) is 5.75 Å². The molecule has 2 rings (SSSR count). The van der Waals surface area contributed by atoms with Crippen LogP contribution in [-0.2, 0) is 16.1 Å². The summed E-state index contributed by atoms with van der Waals surface area (Å²) >= 11 is 1.35. The van der Waals surface area contributed by atoms with Crippen LogP contribution in [0.5, 0.6) is 0 Å². The molecule has 0 spiro atoms. The highest BCUT2D eigenvalue weighted by Gasteiger charge is 2.08. The van der Waals surface area contributed by atoms with E-state index in [4.69, 9.17) is 0 Å². The van der Waals surface area contributed by atoms with Crippen molar-refractivity contribution in [3.05, 3.63) is 59.9 Å². The van der Waals surface area contributed by atoms with E-state index in [0.717, 1.165) is 10.5 Å². The number of amides is 2. The Morgan fingerprint density at radius 3 is 2.52 bits per heavy atom. The van der Waals surface area contributed by atoms with Gasteiger partial charge in [-0.3, -0.25) is 9.59 Å². The first-order chi connectivity index (χ1) is 12.0. The van der Waals surface area contributed by atoms with Crippen molar-refractivity contribution in [3.63, 3.8) is 0 Å². The van der Waals surface area contributed by atoms with Crippen LogP contribution >= 0.6 is 11.8 Å². The number of nitrogens with zero attached hydrogens (tertiary/aromatic N) is 1. The number of nitrogens with one attached hydrogen (secondary N) is 1. The van der Waals surface area contributed by atoms with Gasteiger partial charge >= 0.3 is 0 Å². The van der Waals surface area contributed by atoms with Gasteiger partial charge in [-0.15, -0.1) is 11.8 Å². The van der Waals surface area contributed by atoms with Crippen LogP contribution in [0.15, 0.2) is 53.4 Å². The molecule has 0 unspecified atom stereocenters. The molecule has 0 saturated carbocycles. The Morgan fingerprint density at radius 2 is 1.88 bits per heavy atom. The third-order valence-corrected chi connectivity index (χ3v) is 4.61. The minimum atomic E-state index is -0.294. The summed E-state index contributed by atoms with van der Waals surface area (Å²) in [6, 6.07) is 13.5. The Balaban J connectivity index is 1.91. The van der Waals surface area contributed by atoms with Gasteiger partial charge in [-0.05, 0) is 48.9 Å². The highest BCUT2D eigenvalue weighted by Crippen LogP contribution is 2.19. The maximum atomic E-state index is 12.9. The van der Waals surface area contributed by atoms with Gasteiger partial charge in [0.2, 0.25) is 11.8 Å². The van der Waals surface area contributed by atoms with Crippen LogP contribution in [0.2, 0.25) is 0 Å². The maximum Gasteiger partial charge on any atom is 0.234 e. The van der Waals surface area contributed by atoms with Crippen molar-refractivity contribution in [2.45, 2.75) is 25.3 Å². The number of halogens is 1. The van der Waals surface area contributed by atoms with Crippen molar-refractivity contribution >= 4 is 29.3 Å². The maximum absolute atomic E-state index is 12.9. The van der Waals surface area contributed by atoms with Crippen molar-refractivity contribution in [2.75, 3.05) is 17.6 Å². The third-order valence-electron chi connectivity index (χ3n) is 3.59. The third kappa shape index (κ3) is 6.23. The van der Waals surface area contributed by atoms with Gasteiger partial charge in [0.15, 0.2) is 0 Å². The molecule has 0 saturated heterocycles. The molecule has 0 radical (unpaired) electrons. The van der Waals surface area contributed by atoms with Crippen molar-refractivity contribution in [1.82, 2.24) is 4.90 Å². The normalized spacial score (nSPS) is 10.4. The molecular formula is C19H21FN2O2S. The van der Waals surface area contributed by atoms with Gasteiger partial charge < -0.3 is 10.2 Å². The molecule has 0 fully saturated rings. The van der Waals surface area contributed by atoms with E-state index in [9.17, 15) is 14.0 Å². The highest BCUT2D eigenvalue weighted by atomic mass is 32.2. The van der Waals surface area contributed by atoms with Crippen LogP contribution in [0.1, 0.15) is 19.4 Å². The van der Waals surface area contributed by atoms with Crippen LogP contribution in [0.3, 0.4) is 0 Å². The summed E-state index contributed by atoms with van der Waals surface area (Å²) in [7, 11) is 0. The highest BCUT2D eigenvalue weighted by molar-refractivity contribution is 8.00. The Hall–Kier alpha value is -2.34. The lowest BCUT2D eigenvalue weighted by Crippen LogP contribution is -2.27. The first kappa shape index (κ1) is 19.0. The number of hydrogen-bond acceptors (Lipinski definition) is 3. The first-order valence-corrected chi connectivity index (χ1v) is 8.99. The fourth-order valence-corrected chi connectivity index (χ4v) is 2.99. The Kier molecular flexibility index (Phi) is 7.01. The van der Waals surface area contributed by atoms with Crippen LogP contribution in [0.4, 0.5) is 10.1 Å². The largest absolute Gasteiger partial charge is 0.339 e. The Bertz CT molecular complexity index is 734. The fourth-order valence-electron chi connectivity index (χ4n) is 2.29. The van der Waals surface area contributed by atoms with E-state index in [-0.39, 0.29) is 23.4 Å². The lowest BCUT2D eigenvalue weighted by molar-refractivity contribution is -0.129. The smallest absolute Gasteiger partial charge is 0.234 e. The predicted molar refractivity (Wildman–Crippen MR) is 99.0 cm³/mol. The number of benzene rings is 2. The number of thioether (sulfide) groups is 1. The van der Waals surface area contributed by atoms with Crippen molar-refractivity contribution < 1.29 is 14.0 Å². The van der Waals surface area contributed by atoms with E-state index in [1.54, 1.807) is 24.0 Å². The summed E-state index contributed by atoms with van der Waals surface area (Å²) in [6.07, 6.45) is 0. The van der Waals surface area contributed by atoms with Gasteiger partial charge in [-0.2, -0.15) is 0 Å². The summed E-state index contributed by atoms with van der Waals surface area (Å²) in [6.45, 7) is 4.63. The molecule has 25 heavy (non-hydrogen) atoms. The van der Waals surface area contributed by atoms with Gasteiger partial charge in [-0.25, -0.2) is 4.39 Å². The zero-order chi connectivity index (χ0) is 18.2. The summed E-state index contributed by atoms with van der Waals surface area (Å²) in [4.78, 5) is 26.2. The zero-order valence-corrected chi connectivity index (χ0v) is 15.1. The lowest BCUT2D eigenvalue weighted by atomic mass is 10.2. The molecule has 0 heterocycles. The number of carbonyl (C=O) groups excluding carboxylic acids is 2. The summed E-state index contributed by atoms with van der Waals surface area (Å²) in [5.41, 5.74) is 1.66. The monoisotopic (exact) mass is 360 g/mol. The molecule has 132 valence electrons. The summed E-state index contributed by atoms with van der Waals surface area (Å²) in [5, 5.41) is 2.85. The predicted octanol–water partition coefficient (Wildman–Crippen LogP) is 3.92. The van der Waals surface area contributed by atoms with Crippen molar-refractivity contribution in [2.24, 2.45) is 0 Å². The van der Waals surface area contributed by atoms with Crippen LogP contribution in [-0.4, -0.2) is 29.0 Å². The lowest BCUT2D eigenvalue weighted by Gasteiger charge is -2.19. The molecule has 1 N–H and O–H groups in total. The topological polar surface area (TPSA) is 49.4 Å². The van der Waals surface area contributed by atoms with E-state index in [1.165, 1.54) is 23.9 Å². The molecule has 0 atom stereocenters. The second kappa shape index (κ2) is 9.22. The molecule has 2 aromatic rings. The molecule has 0 aromatic heterocycles. The molecule has 2 aromatic carbocycles.